The number of morpholine rings is 1. The first-order valence-electron chi connectivity index (χ1n) is 11.6. The maximum Gasteiger partial charge on any atom is 0.269 e. The number of methoxy groups -OCH3 is 1. The molecule has 2 N–H and O–H groups in total. The molecule has 2 heterocycles. The van der Waals surface area contributed by atoms with Gasteiger partial charge in [-0.05, 0) is 29.0 Å². The number of non-ortho nitro benzene ring substituents is 1. The van der Waals surface area contributed by atoms with E-state index in [1.165, 1.54) is 12.1 Å². The van der Waals surface area contributed by atoms with Gasteiger partial charge in [0.15, 0.2) is 0 Å². The Kier molecular flexibility index (Phi) is 6.99. The van der Waals surface area contributed by atoms with Crippen LogP contribution in [0.15, 0.2) is 65.8 Å². The van der Waals surface area contributed by atoms with Crippen molar-refractivity contribution in [1.29, 1.82) is 0 Å². The number of hydrogen-bond donors (Lipinski definition) is 2. The van der Waals surface area contributed by atoms with Crippen molar-refractivity contribution in [3.63, 3.8) is 0 Å². The summed E-state index contributed by atoms with van der Waals surface area (Å²) in [6, 6.07) is 17.9. The molecule has 0 amide bonds. The van der Waals surface area contributed by atoms with Gasteiger partial charge in [0.05, 0.1) is 31.5 Å². The van der Waals surface area contributed by atoms with Crippen LogP contribution in [0.25, 0.3) is 10.8 Å². The molecule has 0 spiro atoms. The summed E-state index contributed by atoms with van der Waals surface area (Å²) in [5.41, 5.74) is 4.32. The van der Waals surface area contributed by atoms with E-state index < -0.39 is 4.92 Å². The summed E-state index contributed by atoms with van der Waals surface area (Å²) in [4.78, 5) is 26.0. The summed E-state index contributed by atoms with van der Waals surface area (Å²) in [6.07, 6.45) is 1.67. The number of hydrazone groups is 1. The van der Waals surface area contributed by atoms with E-state index in [1.54, 1.807) is 25.5 Å². The predicted octanol–water partition coefficient (Wildman–Crippen LogP) is 3.97. The topological polar surface area (TPSA) is 140 Å². The van der Waals surface area contributed by atoms with E-state index in [0.29, 0.717) is 43.7 Å². The number of nitrogens with zero attached hydrogens (tertiary/aromatic N) is 6. The van der Waals surface area contributed by atoms with Gasteiger partial charge in [0.2, 0.25) is 17.8 Å². The van der Waals surface area contributed by atoms with Gasteiger partial charge >= 0.3 is 0 Å². The largest absolute Gasteiger partial charge is 0.496 e. The Bertz CT molecular complexity index is 1440. The van der Waals surface area contributed by atoms with Crippen molar-refractivity contribution in [2.45, 2.75) is 0 Å². The van der Waals surface area contributed by atoms with Crippen LogP contribution in [0.1, 0.15) is 5.56 Å². The molecule has 37 heavy (non-hydrogen) atoms. The molecule has 0 atom stereocenters. The van der Waals surface area contributed by atoms with Crippen LogP contribution in [0, 0.1) is 10.1 Å². The molecule has 0 saturated carbocycles. The summed E-state index contributed by atoms with van der Waals surface area (Å²) in [5.74, 6) is 1.65. The zero-order valence-corrected chi connectivity index (χ0v) is 20.0. The molecule has 1 fully saturated rings. The number of rotatable bonds is 8. The summed E-state index contributed by atoms with van der Waals surface area (Å²) in [7, 11) is 1.62. The van der Waals surface area contributed by atoms with Gasteiger partial charge in [0.1, 0.15) is 5.75 Å². The minimum Gasteiger partial charge on any atom is -0.496 e. The number of nitro benzene ring substituents is 1. The van der Waals surface area contributed by atoms with E-state index in [2.05, 4.69) is 30.8 Å². The van der Waals surface area contributed by atoms with Crippen molar-refractivity contribution in [2.24, 2.45) is 5.10 Å². The average molecular weight is 501 g/mol. The highest BCUT2D eigenvalue weighted by Crippen LogP contribution is 2.26. The molecule has 12 heteroatoms. The fraction of sp³-hybridized carbons (Fsp3) is 0.200. The van der Waals surface area contributed by atoms with Crippen molar-refractivity contribution < 1.29 is 14.4 Å². The van der Waals surface area contributed by atoms with Crippen molar-refractivity contribution in [3.05, 3.63) is 76.3 Å². The van der Waals surface area contributed by atoms with Crippen LogP contribution >= 0.6 is 0 Å². The van der Waals surface area contributed by atoms with E-state index in [0.717, 1.165) is 16.3 Å². The number of hydrogen-bond acceptors (Lipinski definition) is 11. The SMILES string of the molecule is COc1ccc2ccccc2c1/C=N/Nc1nc(Nc2ccc([N+](=O)[O-])cc2)nc(N2CCOCC2)n1. The summed E-state index contributed by atoms with van der Waals surface area (Å²) >= 11 is 0. The van der Waals surface area contributed by atoms with Crippen molar-refractivity contribution in [1.82, 2.24) is 15.0 Å². The van der Waals surface area contributed by atoms with Gasteiger partial charge in [-0.1, -0.05) is 30.3 Å². The lowest BCUT2D eigenvalue weighted by molar-refractivity contribution is -0.384. The second-order valence-electron chi connectivity index (χ2n) is 8.08. The van der Waals surface area contributed by atoms with Crippen molar-refractivity contribution in [2.75, 3.05) is 49.1 Å². The molecule has 3 aromatic carbocycles. The zero-order valence-electron chi connectivity index (χ0n) is 20.0. The van der Waals surface area contributed by atoms with E-state index in [9.17, 15) is 10.1 Å². The Morgan fingerprint density at radius 1 is 1.03 bits per heavy atom. The normalized spacial score (nSPS) is 13.6. The Morgan fingerprint density at radius 3 is 2.54 bits per heavy atom. The van der Waals surface area contributed by atoms with Gasteiger partial charge in [-0.3, -0.25) is 10.1 Å². The third kappa shape index (κ3) is 5.54. The Hall–Kier alpha value is -4.84. The maximum atomic E-state index is 11.0. The first-order valence-corrected chi connectivity index (χ1v) is 11.6. The minimum atomic E-state index is -0.450. The van der Waals surface area contributed by atoms with E-state index in [4.69, 9.17) is 9.47 Å². The molecule has 5 rings (SSSR count). The second-order valence-corrected chi connectivity index (χ2v) is 8.08. The van der Waals surface area contributed by atoms with Crippen LogP contribution in [0.4, 0.5) is 29.2 Å². The number of nitrogens with one attached hydrogen (secondary N) is 2. The summed E-state index contributed by atoms with van der Waals surface area (Å²) in [5, 5.41) is 20.5. The second kappa shape index (κ2) is 10.8. The number of aromatic nitrogens is 3. The van der Waals surface area contributed by atoms with E-state index >= 15 is 0 Å². The molecule has 1 saturated heterocycles. The molecule has 1 aliphatic rings. The highest BCUT2D eigenvalue weighted by atomic mass is 16.6. The highest BCUT2D eigenvalue weighted by molar-refractivity contribution is 6.02. The fourth-order valence-electron chi connectivity index (χ4n) is 3.91. The van der Waals surface area contributed by atoms with Gasteiger partial charge in [0, 0.05) is 36.5 Å². The number of anilines is 4. The van der Waals surface area contributed by atoms with Crippen LogP contribution in [0.5, 0.6) is 5.75 Å². The minimum absolute atomic E-state index is 0.00393. The van der Waals surface area contributed by atoms with Crippen LogP contribution < -0.4 is 20.4 Å². The molecule has 188 valence electrons. The Labute approximate surface area is 212 Å². The molecule has 0 aliphatic carbocycles. The molecule has 0 radical (unpaired) electrons. The smallest absolute Gasteiger partial charge is 0.269 e. The fourth-order valence-corrected chi connectivity index (χ4v) is 3.91. The van der Waals surface area contributed by atoms with Crippen molar-refractivity contribution >= 4 is 46.2 Å². The molecule has 1 aliphatic heterocycles. The van der Waals surface area contributed by atoms with Gasteiger partial charge < -0.3 is 19.7 Å². The first kappa shape index (κ1) is 23.9. The van der Waals surface area contributed by atoms with Crippen LogP contribution in [0.3, 0.4) is 0 Å². The molecular weight excluding hydrogens is 476 g/mol. The van der Waals surface area contributed by atoms with E-state index in [1.807, 2.05) is 41.3 Å². The number of nitro groups is 1. The zero-order chi connectivity index (χ0) is 25.6. The lowest BCUT2D eigenvalue weighted by Gasteiger charge is -2.27. The predicted molar refractivity (Wildman–Crippen MR) is 141 cm³/mol. The molecule has 1 aromatic heterocycles. The number of benzene rings is 3. The van der Waals surface area contributed by atoms with E-state index in [-0.39, 0.29) is 17.6 Å². The highest BCUT2D eigenvalue weighted by Gasteiger charge is 2.17. The molecule has 12 nitrogen and oxygen atoms in total. The monoisotopic (exact) mass is 500 g/mol. The number of fused-ring (bicyclic) bond motifs is 1. The summed E-state index contributed by atoms with van der Waals surface area (Å²) < 4.78 is 11.0. The van der Waals surface area contributed by atoms with Gasteiger partial charge in [-0.25, -0.2) is 5.43 Å². The van der Waals surface area contributed by atoms with Crippen LogP contribution in [-0.4, -0.2) is 59.5 Å². The lowest BCUT2D eigenvalue weighted by atomic mass is 10.0. The molecule has 0 unspecified atom stereocenters. The van der Waals surface area contributed by atoms with Crippen molar-refractivity contribution in [3.8, 4) is 5.75 Å². The average Bonchev–Trinajstić information content (AvgIpc) is 2.94. The summed E-state index contributed by atoms with van der Waals surface area (Å²) in [6.45, 7) is 2.41. The Balaban J connectivity index is 1.43. The van der Waals surface area contributed by atoms with Crippen LogP contribution in [0.2, 0.25) is 0 Å². The molecule has 4 aromatic rings. The Morgan fingerprint density at radius 2 is 1.78 bits per heavy atom. The quantitative estimate of drug-likeness (QED) is 0.207. The third-order valence-corrected chi connectivity index (χ3v) is 5.76. The molecular formula is C25H24N8O4. The molecule has 0 bridgehead atoms. The third-order valence-electron chi connectivity index (χ3n) is 5.76. The lowest BCUT2D eigenvalue weighted by Crippen LogP contribution is -2.37. The number of ether oxygens (including phenoxy) is 2. The van der Waals surface area contributed by atoms with Crippen LogP contribution in [-0.2, 0) is 4.74 Å². The first-order chi connectivity index (χ1) is 18.1. The maximum absolute atomic E-state index is 11.0. The standard InChI is InChI=1S/C25H24N8O4/c1-36-22-11-6-17-4-2-3-5-20(17)21(22)16-26-31-24-28-23(27-18-7-9-19(10-8-18)33(34)35)29-25(30-24)32-12-14-37-15-13-32/h2-11,16H,12-15H2,1H3,(H2,27,28,29,30,31)/b26-16+. The van der Waals surface area contributed by atoms with Gasteiger partial charge in [-0.15, -0.1) is 0 Å². The van der Waals surface area contributed by atoms with Gasteiger partial charge in [0.25, 0.3) is 5.69 Å². The van der Waals surface area contributed by atoms with Gasteiger partial charge in [-0.2, -0.15) is 20.1 Å².